The van der Waals surface area contributed by atoms with E-state index in [1.54, 1.807) is 0 Å². The van der Waals surface area contributed by atoms with Gasteiger partial charge < -0.3 is 15.1 Å². The fraction of sp³-hybridized carbons (Fsp3) is 0.476. The summed E-state index contributed by atoms with van der Waals surface area (Å²) in [7, 11) is 0. The zero-order valence-corrected chi connectivity index (χ0v) is 16.3. The summed E-state index contributed by atoms with van der Waals surface area (Å²) in [6.45, 7) is 3.49. The van der Waals surface area contributed by atoms with Crippen LogP contribution < -0.4 is 15.1 Å². The van der Waals surface area contributed by atoms with Crippen LogP contribution in [0.5, 0.6) is 0 Å². The van der Waals surface area contributed by atoms with E-state index in [1.807, 2.05) is 12.4 Å². The lowest BCUT2D eigenvalue weighted by atomic mass is 9.95. The molecule has 0 aliphatic carbocycles. The van der Waals surface area contributed by atoms with E-state index in [0.29, 0.717) is 12.8 Å². The molecule has 154 valence electrons. The summed E-state index contributed by atoms with van der Waals surface area (Å²) >= 11 is 0. The Hall–Kier alpha value is -2.77. The van der Waals surface area contributed by atoms with Gasteiger partial charge in [0, 0.05) is 44.2 Å². The lowest BCUT2D eigenvalue weighted by molar-refractivity contribution is -0.125. The summed E-state index contributed by atoms with van der Waals surface area (Å²) in [6.07, 6.45) is 7.48. The van der Waals surface area contributed by atoms with Crippen molar-refractivity contribution in [1.82, 2.24) is 15.3 Å². The van der Waals surface area contributed by atoms with Gasteiger partial charge in [-0.1, -0.05) is 0 Å². The molecule has 2 aromatic rings. The molecule has 1 amide bonds. The van der Waals surface area contributed by atoms with Gasteiger partial charge in [0.25, 0.3) is 0 Å². The average Bonchev–Trinajstić information content (AvgIpc) is 3.29. The number of benzene rings is 1. The van der Waals surface area contributed by atoms with Gasteiger partial charge in [-0.15, -0.1) is 0 Å². The Morgan fingerprint density at radius 3 is 2.41 bits per heavy atom. The summed E-state index contributed by atoms with van der Waals surface area (Å²) in [5.74, 6) is -0.493. The maximum absolute atomic E-state index is 13.7. The molecule has 2 aliphatic rings. The van der Waals surface area contributed by atoms with Crippen molar-refractivity contribution < 1.29 is 13.6 Å². The maximum atomic E-state index is 13.7. The molecule has 0 radical (unpaired) electrons. The second-order valence-electron chi connectivity index (χ2n) is 7.65. The first-order chi connectivity index (χ1) is 14.1. The number of halogens is 2. The van der Waals surface area contributed by atoms with Gasteiger partial charge in [-0.25, -0.2) is 18.7 Å². The maximum Gasteiger partial charge on any atom is 0.225 e. The molecule has 29 heavy (non-hydrogen) atoms. The normalized spacial score (nSPS) is 17.6. The van der Waals surface area contributed by atoms with Gasteiger partial charge in [0.2, 0.25) is 11.9 Å². The first-order valence-electron chi connectivity index (χ1n) is 10.1. The van der Waals surface area contributed by atoms with Crippen LogP contribution in [0.1, 0.15) is 31.2 Å². The lowest BCUT2D eigenvalue weighted by Crippen LogP contribution is -2.40. The molecular formula is C21H25F2N5O. The number of rotatable bonds is 5. The predicted molar refractivity (Wildman–Crippen MR) is 107 cm³/mol. The third-order valence-electron chi connectivity index (χ3n) is 5.71. The van der Waals surface area contributed by atoms with Crippen molar-refractivity contribution >= 4 is 17.5 Å². The molecular weight excluding hydrogens is 376 g/mol. The van der Waals surface area contributed by atoms with E-state index in [1.165, 1.54) is 12.8 Å². The van der Waals surface area contributed by atoms with Gasteiger partial charge in [-0.2, -0.15) is 0 Å². The van der Waals surface area contributed by atoms with E-state index in [2.05, 4.69) is 25.1 Å². The van der Waals surface area contributed by atoms with E-state index < -0.39 is 11.6 Å². The van der Waals surface area contributed by atoms with Gasteiger partial charge in [-0.05, 0) is 43.9 Å². The third-order valence-corrected chi connectivity index (χ3v) is 5.71. The Morgan fingerprint density at radius 2 is 1.72 bits per heavy atom. The van der Waals surface area contributed by atoms with Crippen LogP contribution in [0.3, 0.4) is 0 Å². The largest absolute Gasteiger partial charge is 0.369 e. The minimum atomic E-state index is -0.515. The number of hydrogen-bond acceptors (Lipinski definition) is 5. The topological polar surface area (TPSA) is 61.4 Å². The summed E-state index contributed by atoms with van der Waals surface area (Å²) in [5.41, 5.74) is 1.12. The molecule has 6 nitrogen and oxygen atoms in total. The molecule has 0 spiro atoms. The number of hydrogen-bond donors (Lipinski definition) is 1. The van der Waals surface area contributed by atoms with Gasteiger partial charge in [0.1, 0.15) is 11.6 Å². The number of nitrogens with one attached hydrogen (secondary N) is 1. The first-order valence-corrected chi connectivity index (χ1v) is 10.1. The fourth-order valence-corrected chi connectivity index (χ4v) is 3.96. The van der Waals surface area contributed by atoms with Crippen LogP contribution in [0.2, 0.25) is 0 Å². The molecule has 2 saturated heterocycles. The van der Waals surface area contributed by atoms with Gasteiger partial charge in [-0.3, -0.25) is 4.79 Å². The van der Waals surface area contributed by atoms with E-state index in [9.17, 15) is 13.6 Å². The molecule has 1 aromatic heterocycles. The van der Waals surface area contributed by atoms with Crippen molar-refractivity contribution in [2.75, 3.05) is 36.0 Å². The van der Waals surface area contributed by atoms with Crippen LogP contribution in [0, 0.1) is 17.6 Å². The van der Waals surface area contributed by atoms with Crippen molar-refractivity contribution in [3.63, 3.8) is 0 Å². The molecule has 1 N–H and O–H groups in total. The number of carbonyl (C=O) groups excluding carboxylic acids is 1. The molecule has 1 aromatic carbocycles. The summed E-state index contributed by atoms with van der Waals surface area (Å²) in [4.78, 5) is 25.8. The minimum Gasteiger partial charge on any atom is -0.369 e. The monoisotopic (exact) mass is 401 g/mol. The van der Waals surface area contributed by atoms with Crippen LogP contribution in [-0.2, 0) is 11.3 Å². The van der Waals surface area contributed by atoms with Crippen molar-refractivity contribution in [2.45, 2.75) is 32.2 Å². The summed E-state index contributed by atoms with van der Waals surface area (Å²) in [6, 6.07) is 3.26. The van der Waals surface area contributed by atoms with E-state index in [-0.39, 0.29) is 23.9 Å². The molecule has 0 bridgehead atoms. The van der Waals surface area contributed by atoms with Crippen LogP contribution in [-0.4, -0.2) is 42.1 Å². The standard InChI is InChI=1S/C21H25F2N5O/c22-17-3-4-19(23)16(11-17)12-24-20(29)15-5-9-27(10-6-15)18-13-25-21(26-14-18)28-7-1-2-8-28/h3-4,11,13-15H,1-2,5-10,12H2,(H,24,29). The molecule has 3 heterocycles. The molecule has 4 rings (SSSR count). The number of anilines is 2. The van der Waals surface area contributed by atoms with Crippen LogP contribution >= 0.6 is 0 Å². The Labute approximate surface area is 168 Å². The zero-order chi connectivity index (χ0) is 20.2. The molecule has 0 atom stereocenters. The summed E-state index contributed by atoms with van der Waals surface area (Å²) in [5, 5.41) is 2.74. The van der Waals surface area contributed by atoms with Gasteiger partial charge >= 0.3 is 0 Å². The molecule has 2 fully saturated rings. The van der Waals surface area contributed by atoms with E-state index in [4.69, 9.17) is 0 Å². The SMILES string of the molecule is O=C(NCc1cc(F)ccc1F)C1CCN(c2cnc(N3CCCC3)nc2)CC1. The Kier molecular flexibility index (Phi) is 5.87. The Morgan fingerprint density at radius 1 is 1.03 bits per heavy atom. The molecule has 8 heteroatoms. The second kappa shape index (κ2) is 8.71. The Bertz CT molecular complexity index is 847. The predicted octanol–water partition coefficient (Wildman–Crippen LogP) is 2.89. The van der Waals surface area contributed by atoms with Gasteiger partial charge in [0.15, 0.2) is 0 Å². The molecule has 2 aliphatic heterocycles. The van der Waals surface area contributed by atoms with Crippen molar-refractivity contribution in [2.24, 2.45) is 5.92 Å². The van der Waals surface area contributed by atoms with Gasteiger partial charge in [0.05, 0.1) is 18.1 Å². The highest BCUT2D eigenvalue weighted by Gasteiger charge is 2.25. The van der Waals surface area contributed by atoms with Crippen molar-refractivity contribution in [1.29, 1.82) is 0 Å². The van der Waals surface area contributed by atoms with Crippen LogP contribution in [0.25, 0.3) is 0 Å². The number of aromatic nitrogens is 2. The third kappa shape index (κ3) is 4.63. The smallest absolute Gasteiger partial charge is 0.225 e. The quantitative estimate of drug-likeness (QED) is 0.835. The minimum absolute atomic E-state index is 0.00551. The average molecular weight is 401 g/mol. The van der Waals surface area contributed by atoms with Crippen LogP contribution in [0.15, 0.2) is 30.6 Å². The highest BCUT2D eigenvalue weighted by atomic mass is 19.1. The first kappa shape index (κ1) is 19.5. The summed E-state index contributed by atoms with van der Waals surface area (Å²) < 4.78 is 26.9. The second-order valence-corrected chi connectivity index (χ2v) is 7.65. The molecule has 0 saturated carbocycles. The number of nitrogens with zero attached hydrogens (tertiary/aromatic N) is 4. The lowest BCUT2D eigenvalue weighted by Gasteiger charge is -2.32. The van der Waals surface area contributed by atoms with E-state index in [0.717, 1.165) is 56.0 Å². The number of piperidine rings is 1. The Balaban J connectivity index is 1.27. The van der Waals surface area contributed by atoms with E-state index >= 15 is 0 Å². The number of carbonyl (C=O) groups is 1. The van der Waals surface area contributed by atoms with Crippen molar-refractivity contribution in [3.8, 4) is 0 Å². The molecule has 0 unspecified atom stereocenters. The number of amides is 1. The highest BCUT2D eigenvalue weighted by molar-refractivity contribution is 5.79. The fourth-order valence-electron chi connectivity index (χ4n) is 3.96. The zero-order valence-electron chi connectivity index (χ0n) is 16.3. The van der Waals surface area contributed by atoms with Crippen molar-refractivity contribution in [3.05, 3.63) is 47.8 Å². The van der Waals surface area contributed by atoms with Crippen LogP contribution in [0.4, 0.5) is 20.4 Å². The highest BCUT2D eigenvalue weighted by Crippen LogP contribution is 2.24.